The van der Waals surface area contributed by atoms with Crippen molar-refractivity contribution in [1.82, 2.24) is 20.0 Å². The van der Waals surface area contributed by atoms with Crippen LogP contribution in [0.1, 0.15) is 18.5 Å². The van der Waals surface area contributed by atoms with E-state index in [2.05, 4.69) is 10.4 Å². The zero-order chi connectivity index (χ0) is 12.7. The molecule has 1 aromatic heterocycles. The van der Waals surface area contributed by atoms with E-state index < -0.39 is 0 Å². The van der Waals surface area contributed by atoms with Crippen LogP contribution in [0.4, 0.5) is 0 Å². The number of piperazine rings is 1. The van der Waals surface area contributed by atoms with Crippen molar-refractivity contribution in [3.05, 3.63) is 18.0 Å². The lowest BCUT2D eigenvalue weighted by Crippen LogP contribution is -2.58. The molecule has 6 heteroatoms. The standard InChI is InChI=1S/C12H16N4O2/c1-15-5-4-9(14-15)7-16-10(17)6-13-12(18)11(16)8-2-3-8/h4-5,8,11H,2-3,6-7H2,1H3,(H,13,18). The Morgan fingerprint density at radius 3 is 2.83 bits per heavy atom. The Kier molecular flexibility index (Phi) is 2.57. The number of aromatic nitrogens is 2. The summed E-state index contributed by atoms with van der Waals surface area (Å²) in [5.74, 6) is 0.295. The Morgan fingerprint density at radius 2 is 2.22 bits per heavy atom. The molecular weight excluding hydrogens is 232 g/mol. The Morgan fingerprint density at radius 1 is 1.44 bits per heavy atom. The van der Waals surface area contributed by atoms with Gasteiger partial charge >= 0.3 is 0 Å². The van der Waals surface area contributed by atoms with Crippen molar-refractivity contribution in [3.63, 3.8) is 0 Å². The Hall–Kier alpha value is -1.85. The van der Waals surface area contributed by atoms with Crippen LogP contribution in [-0.2, 0) is 23.2 Å². The van der Waals surface area contributed by atoms with Crippen molar-refractivity contribution < 1.29 is 9.59 Å². The maximum Gasteiger partial charge on any atom is 0.243 e. The SMILES string of the molecule is Cn1ccc(CN2C(=O)CNC(=O)C2C2CC2)n1. The van der Waals surface area contributed by atoms with Crippen LogP contribution in [0.3, 0.4) is 0 Å². The first-order valence-corrected chi connectivity index (χ1v) is 6.21. The summed E-state index contributed by atoms with van der Waals surface area (Å²) in [4.78, 5) is 25.5. The van der Waals surface area contributed by atoms with Gasteiger partial charge in [-0.05, 0) is 24.8 Å². The van der Waals surface area contributed by atoms with Crippen LogP contribution in [-0.4, -0.2) is 39.1 Å². The average Bonchev–Trinajstić information content (AvgIpc) is 3.08. The summed E-state index contributed by atoms with van der Waals surface area (Å²) in [6.45, 7) is 0.531. The Balaban J connectivity index is 1.81. The molecule has 1 aliphatic carbocycles. The minimum absolute atomic E-state index is 0.0165. The third-order valence-corrected chi connectivity index (χ3v) is 3.51. The van der Waals surface area contributed by atoms with Gasteiger partial charge in [0.2, 0.25) is 11.8 Å². The number of carbonyl (C=O) groups is 2. The first kappa shape index (κ1) is 11.3. The number of hydrogen-bond acceptors (Lipinski definition) is 3. The molecular formula is C12H16N4O2. The molecule has 1 saturated carbocycles. The molecule has 2 fully saturated rings. The van der Waals surface area contributed by atoms with Gasteiger partial charge in [0.05, 0.1) is 18.8 Å². The maximum absolute atomic E-state index is 12.0. The third kappa shape index (κ3) is 1.98. The zero-order valence-electron chi connectivity index (χ0n) is 10.3. The summed E-state index contributed by atoms with van der Waals surface area (Å²) >= 11 is 0. The molecule has 0 radical (unpaired) electrons. The normalized spacial score (nSPS) is 24.3. The second kappa shape index (κ2) is 4.12. The molecule has 6 nitrogen and oxygen atoms in total. The molecule has 1 unspecified atom stereocenters. The van der Waals surface area contributed by atoms with Gasteiger partial charge < -0.3 is 10.2 Å². The number of nitrogens with one attached hydrogen (secondary N) is 1. The molecule has 2 amide bonds. The zero-order valence-corrected chi connectivity index (χ0v) is 10.3. The Labute approximate surface area is 105 Å². The van der Waals surface area contributed by atoms with E-state index in [0.29, 0.717) is 12.5 Å². The van der Waals surface area contributed by atoms with Crippen molar-refractivity contribution in [2.75, 3.05) is 6.54 Å². The lowest BCUT2D eigenvalue weighted by Gasteiger charge is -2.34. The second-order valence-corrected chi connectivity index (χ2v) is 5.00. The van der Waals surface area contributed by atoms with Crippen LogP contribution >= 0.6 is 0 Å². The van der Waals surface area contributed by atoms with E-state index in [-0.39, 0.29) is 24.4 Å². The number of aryl methyl sites for hydroxylation is 1. The predicted molar refractivity (Wildman–Crippen MR) is 63.3 cm³/mol. The van der Waals surface area contributed by atoms with E-state index >= 15 is 0 Å². The van der Waals surface area contributed by atoms with Crippen LogP contribution in [0.25, 0.3) is 0 Å². The van der Waals surface area contributed by atoms with E-state index in [1.807, 2.05) is 19.3 Å². The first-order valence-electron chi connectivity index (χ1n) is 6.21. The number of carbonyl (C=O) groups excluding carboxylic acids is 2. The molecule has 1 aromatic rings. The van der Waals surface area contributed by atoms with Crippen molar-refractivity contribution >= 4 is 11.8 Å². The van der Waals surface area contributed by atoms with Crippen molar-refractivity contribution in [2.45, 2.75) is 25.4 Å². The summed E-state index contributed by atoms with van der Waals surface area (Å²) < 4.78 is 1.70. The summed E-state index contributed by atoms with van der Waals surface area (Å²) in [5.41, 5.74) is 0.825. The lowest BCUT2D eigenvalue weighted by atomic mass is 10.1. The van der Waals surface area contributed by atoms with Gasteiger partial charge in [0.1, 0.15) is 6.04 Å². The third-order valence-electron chi connectivity index (χ3n) is 3.51. The summed E-state index contributed by atoms with van der Waals surface area (Å²) in [7, 11) is 1.84. The van der Waals surface area contributed by atoms with E-state index in [4.69, 9.17) is 0 Å². The van der Waals surface area contributed by atoms with Crippen molar-refractivity contribution in [3.8, 4) is 0 Å². The van der Waals surface area contributed by atoms with Crippen molar-refractivity contribution in [1.29, 1.82) is 0 Å². The summed E-state index contributed by atoms with van der Waals surface area (Å²) in [5, 5.41) is 6.94. The van der Waals surface area contributed by atoms with Gasteiger partial charge in [-0.1, -0.05) is 0 Å². The van der Waals surface area contributed by atoms with Crippen LogP contribution < -0.4 is 5.32 Å². The maximum atomic E-state index is 12.0. The van der Waals surface area contributed by atoms with E-state index in [1.54, 1.807) is 9.58 Å². The fraction of sp³-hybridized carbons (Fsp3) is 0.583. The highest BCUT2D eigenvalue weighted by Crippen LogP contribution is 2.36. The minimum Gasteiger partial charge on any atom is -0.345 e. The van der Waals surface area contributed by atoms with Crippen LogP contribution in [0, 0.1) is 5.92 Å². The van der Waals surface area contributed by atoms with E-state index in [0.717, 1.165) is 18.5 Å². The predicted octanol–water partition coefficient (Wildman–Crippen LogP) is -0.343. The highest BCUT2D eigenvalue weighted by molar-refractivity contribution is 5.95. The molecule has 0 aromatic carbocycles. The van der Waals surface area contributed by atoms with Crippen molar-refractivity contribution in [2.24, 2.45) is 13.0 Å². The minimum atomic E-state index is -0.298. The van der Waals surface area contributed by atoms with Gasteiger partial charge in [-0.2, -0.15) is 5.10 Å². The largest absolute Gasteiger partial charge is 0.345 e. The molecule has 1 aliphatic heterocycles. The highest BCUT2D eigenvalue weighted by Gasteiger charge is 2.44. The number of amides is 2. The number of rotatable bonds is 3. The molecule has 3 rings (SSSR count). The average molecular weight is 248 g/mol. The van der Waals surface area contributed by atoms with Gasteiger partial charge in [-0.3, -0.25) is 14.3 Å². The fourth-order valence-corrected chi connectivity index (χ4v) is 2.45. The molecule has 18 heavy (non-hydrogen) atoms. The molecule has 0 spiro atoms. The molecule has 1 saturated heterocycles. The monoisotopic (exact) mass is 248 g/mol. The smallest absolute Gasteiger partial charge is 0.243 e. The second-order valence-electron chi connectivity index (χ2n) is 5.00. The number of nitrogens with zero attached hydrogens (tertiary/aromatic N) is 3. The molecule has 2 aliphatic rings. The van der Waals surface area contributed by atoms with Crippen LogP contribution in [0.5, 0.6) is 0 Å². The summed E-state index contributed by atoms with van der Waals surface area (Å²) in [6.07, 6.45) is 3.91. The van der Waals surface area contributed by atoms with E-state index in [1.165, 1.54) is 0 Å². The topological polar surface area (TPSA) is 67.2 Å². The first-order chi connectivity index (χ1) is 8.65. The Bertz CT molecular complexity index is 492. The van der Waals surface area contributed by atoms with Gasteiger partial charge in [0, 0.05) is 13.2 Å². The van der Waals surface area contributed by atoms with Crippen LogP contribution in [0.15, 0.2) is 12.3 Å². The summed E-state index contributed by atoms with van der Waals surface area (Å²) in [6, 6.07) is 1.58. The molecule has 2 heterocycles. The van der Waals surface area contributed by atoms with Gasteiger partial charge in [0.25, 0.3) is 0 Å². The molecule has 1 N–H and O–H groups in total. The molecule has 1 atom stereocenters. The highest BCUT2D eigenvalue weighted by atomic mass is 16.2. The fourth-order valence-electron chi connectivity index (χ4n) is 2.45. The van der Waals surface area contributed by atoms with Gasteiger partial charge in [0.15, 0.2) is 0 Å². The van der Waals surface area contributed by atoms with Crippen LogP contribution in [0.2, 0.25) is 0 Å². The van der Waals surface area contributed by atoms with Gasteiger partial charge in [-0.15, -0.1) is 0 Å². The van der Waals surface area contributed by atoms with Gasteiger partial charge in [-0.25, -0.2) is 0 Å². The number of hydrogen-bond donors (Lipinski definition) is 1. The quantitative estimate of drug-likeness (QED) is 0.795. The molecule has 0 bridgehead atoms. The molecule has 96 valence electrons. The van der Waals surface area contributed by atoms with E-state index in [9.17, 15) is 9.59 Å². The lowest BCUT2D eigenvalue weighted by molar-refractivity contribution is -0.147.